The first kappa shape index (κ1) is 18.8. The Labute approximate surface area is 157 Å². The van der Waals surface area contributed by atoms with Gasteiger partial charge in [0.2, 0.25) is 5.91 Å². The van der Waals surface area contributed by atoms with Crippen LogP contribution in [0.15, 0.2) is 54.6 Å². The van der Waals surface area contributed by atoms with Crippen molar-refractivity contribution in [1.82, 2.24) is 5.32 Å². The molecule has 27 heavy (non-hydrogen) atoms. The molecule has 0 radical (unpaired) electrons. The van der Waals surface area contributed by atoms with Gasteiger partial charge in [-0.15, -0.1) is 0 Å². The standard InChI is InChI=1S/C21H21FN2O3/c22-16-10-7-15(8-11-16)9-12-20(25)24-19-6-2-1-5-18(19)21(26)23-14-17-4-3-13-27-17/h1-2,5-12,17H,3-4,13-14H2,(H,23,26)(H,24,25). The fourth-order valence-electron chi connectivity index (χ4n) is 2.82. The molecule has 5 nitrogen and oxygen atoms in total. The minimum absolute atomic E-state index is 0.0503. The molecule has 2 amide bonds. The highest BCUT2D eigenvalue weighted by Crippen LogP contribution is 2.16. The molecule has 1 aliphatic heterocycles. The Balaban J connectivity index is 1.61. The predicted octanol–water partition coefficient (Wildman–Crippen LogP) is 3.39. The number of carbonyl (C=O) groups is 2. The van der Waals surface area contributed by atoms with Crippen LogP contribution < -0.4 is 10.6 Å². The fraction of sp³-hybridized carbons (Fsp3) is 0.238. The van der Waals surface area contributed by atoms with Crippen molar-refractivity contribution in [2.75, 3.05) is 18.5 Å². The van der Waals surface area contributed by atoms with Crippen molar-refractivity contribution < 1.29 is 18.7 Å². The summed E-state index contributed by atoms with van der Waals surface area (Å²) in [6.07, 6.45) is 4.91. The first-order valence-corrected chi connectivity index (χ1v) is 8.85. The van der Waals surface area contributed by atoms with E-state index in [9.17, 15) is 14.0 Å². The van der Waals surface area contributed by atoms with E-state index in [-0.39, 0.29) is 23.7 Å². The Morgan fingerprint density at radius 1 is 1.15 bits per heavy atom. The van der Waals surface area contributed by atoms with Crippen molar-refractivity contribution in [1.29, 1.82) is 0 Å². The van der Waals surface area contributed by atoms with Crippen LogP contribution in [0, 0.1) is 5.82 Å². The van der Waals surface area contributed by atoms with E-state index >= 15 is 0 Å². The Morgan fingerprint density at radius 2 is 1.93 bits per heavy atom. The molecule has 1 unspecified atom stereocenters. The number of amides is 2. The number of hydrogen-bond donors (Lipinski definition) is 2. The van der Waals surface area contributed by atoms with Crippen LogP contribution in [0.1, 0.15) is 28.8 Å². The van der Waals surface area contributed by atoms with E-state index in [0.29, 0.717) is 23.4 Å². The molecule has 1 aliphatic rings. The maximum atomic E-state index is 12.9. The predicted molar refractivity (Wildman–Crippen MR) is 102 cm³/mol. The van der Waals surface area contributed by atoms with Gasteiger partial charge >= 0.3 is 0 Å². The van der Waals surface area contributed by atoms with Crippen LogP contribution in [-0.4, -0.2) is 31.1 Å². The largest absolute Gasteiger partial charge is 0.376 e. The van der Waals surface area contributed by atoms with E-state index in [1.165, 1.54) is 18.2 Å². The topological polar surface area (TPSA) is 67.4 Å². The third-order valence-electron chi connectivity index (χ3n) is 4.24. The third kappa shape index (κ3) is 5.49. The summed E-state index contributed by atoms with van der Waals surface area (Å²) in [4.78, 5) is 24.6. The van der Waals surface area contributed by atoms with Crippen LogP contribution in [0.4, 0.5) is 10.1 Å². The summed E-state index contributed by atoms with van der Waals surface area (Å²) in [7, 11) is 0. The van der Waals surface area contributed by atoms with Crippen LogP contribution in [0.3, 0.4) is 0 Å². The lowest BCUT2D eigenvalue weighted by Crippen LogP contribution is -2.32. The number of nitrogens with one attached hydrogen (secondary N) is 2. The highest BCUT2D eigenvalue weighted by Gasteiger charge is 2.18. The zero-order valence-electron chi connectivity index (χ0n) is 14.8. The highest BCUT2D eigenvalue weighted by molar-refractivity contribution is 6.07. The maximum absolute atomic E-state index is 12.9. The SMILES string of the molecule is O=C(C=Cc1ccc(F)cc1)Nc1ccccc1C(=O)NCC1CCCO1. The van der Waals surface area contributed by atoms with E-state index in [1.807, 2.05) is 0 Å². The molecule has 0 bridgehead atoms. The zero-order valence-corrected chi connectivity index (χ0v) is 14.8. The van der Waals surface area contributed by atoms with Gasteiger partial charge < -0.3 is 15.4 Å². The average Bonchev–Trinajstić information content (AvgIpc) is 3.20. The summed E-state index contributed by atoms with van der Waals surface area (Å²) in [5.74, 6) is -0.970. The molecule has 0 aliphatic carbocycles. The van der Waals surface area contributed by atoms with Crippen molar-refractivity contribution >= 4 is 23.6 Å². The van der Waals surface area contributed by atoms with E-state index in [1.54, 1.807) is 42.5 Å². The molecule has 6 heteroatoms. The number of rotatable bonds is 6. The third-order valence-corrected chi connectivity index (χ3v) is 4.24. The minimum Gasteiger partial charge on any atom is -0.376 e. The summed E-state index contributed by atoms with van der Waals surface area (Å²) in [6, 6.07) is 12.6. The lowest BCUT2D eigenvalue weighted by atomic mass is 10.1. The van der Waals surface area contributed by atoms with Gasteiger partial charge in [-0.05, 0) is 48.7 Å². The summed E-state index contributed by atoms with van der Waals surface area (Å²) in [6.45, 7) is 1.18. The number of para-hydroxylation sites is 1. The van der Waals surface area contributed by atoms with Crippen LogP contribution in [-0.2, 0) is 9.53 Å². The van der Waals surface area contributed by atoms with Gasteiger partial charge in [-0.1, -0.05) is 24.3 Å². The minimum atomic E-state index is -0.376. The number of anilines is 1. The van der Waals surface area contributed by atoms with Crippen molar-refractivity contribution in [3.8, 4) is 0 Å². The molecule has 2 aromatic carbocycles. The second-order valence-corrected chi connectivity index (χ2v) is 6.26. The van der Waals surface area contributed by atoms with E-state index < -0.39 is 0 Å². The monoisotopic (exact) mass is 368 g/mol. The normalized spacial score (nSPS) is 16.4. The molecule has 2 aromatic rings. The lowest BCUT2D eigenvalue weighted by molar-refractivity contribution is -0.111. The number of ether oxygens (including phenoxy) is 1. The molecule has 1 fully saturated rings. The number of benzene rings is 2. The smallest absolute Gasteiger partial charge is 0.253 e. The first-order chi connectivity index (χ1) is 13.1. The lowest BCUT2D eigenvalue weighted by Gasteiger charge is -2.13. The summed E-state index contributed by atoms with van der Waals surface area (Å²) in [5, 5.41) is 5.56. The van der Waals surface area contributed by atoms with Crippen LogP contribution in [0.25, 0.3) is 6.08 Å². The van der Waals surface area contributed by atoms with E-state index in [0.717, 1.165) is 19.4 Å². The number of hydrogen-bond acceptors (Lipinski definition) is 3. The molecule has 3 rings (SSSR count). The average molecular weight is 368 g/mol. The maximum Gasteiger partial charge on any atom is 0.253 e. The molecule has 1 heterocycles. The molecular weight excluding hydrogens is 347 g/mol. The highest BCUT2D eigenvalue weighted by atomic mass is 19.1. The summed E-state index contributed by atoms with van der Waals surface area (Å²) >= 11 is 0. The van der Waals surface area contributed by atoms with E-state index in [4.69, 9.17) is 4.74 Å². The zero-order chi connectivity index (χ0) is 19.1. The Bertz CT molecular complexity index is 828. The van der Waals surface area contributed by atoms with Crippen molar-refractivity contribution in [3.63, 3.8) is 0 Å². The summed E-state index contributed by atoms with van der Waals surface area (Å²) < 4.78 is 18.4. The van der Waals surface area contributed by atoms with Gasteiger partial charge in [0.1, 0.15) is 5.82 Å². The van der Waals surface area contributed by atoms with Crippen LogP contribution in [0.5, 0.6) is 0 Å². The van der Waals surface area contributed by atoms with Gasteiger partial charge in [0.25, 0.3) is 5.91 Å². The molecule has 1 saturated heterocycles. The van der Waals surface area contributed by atoms with Gasteiger partial charge in [0.15, 0.2) is 0 Å². The molecule has 0 spiro atoms. The molecular formula is C21H21FN2O3. The Hall–Kier alpha value is -2.99. The van der Waals surface area contributed by atoms with Crippen molar-refractivity contribution in [3.05, 3.63) is 71.6 Å². The van der Waals surface area contributed by atoms with Gasteiger partial charge in [0.05, 0.1) is 17.4 Å². The van der Waals surface area contributed by atoms with Crippen molar-refractivity contribution in [2.45, 2.75) is 18.9 Å². The number of carbonyl (C=O) groups excluding carboxylic acids is 2. The van der Waals surface area contributed by atoms with E-state index in [2.05, 4.69) is 10.6 Å². The van der Waals surface area contributed by atoms with Crippen LogP contribution in [0.2, 0.25) is 0 Å². The first-order valence-electron chi connectivity index (χ1n) is 8.85. The van der Waals surface area contributed by atoms with Crippen LogP contribution >= 0.6 is 0 Å². The molecule has 1 atom stereocenters. The fourth-order valence-corrected chi connectivity index (χ4v) is 2.82. The van der Waals surface area contributed by atoms with Gasteiger partial charge in [0, 0.05) is 19.2 Å². The second-order valence-electron chi connectivity index (χ2n) is 6.26. The number of halogens is 1. The summed E-state index contributed by atoms with van der Waals surface area (Å²) in [5.41, 5.74) is 1.52. The van der Waals surface area contributed by atoms with Crippen molar-refractivity contribution in [2.24, 2.45) is 0 Å². The molecule has 0 saturated carbocycles. The Morgan fingerprint density at radius 3 is 2.67 bits per heavy atom. The van der Waals surface area contributed by atoms with Gasteiger partial charge in [-0.3, -0.25) is 9.59 Å². The van der Waals surface area contributed by atoms with Gasteiger partial charge in [-0.25, -0.2) is 4.39 Å². The Kier molecular flexibility index (Phi) is 6.33. The molecule has 2 N–H and O–H groups in total. The molecule has 140 valence electrons. The quantitative estimate of drug-likeness (QED) is 0.768. The van der Waals surface area contributed by atoms with Gasteiger partial charge in [-0.2, -0.15) is 0 Å². The molecule has 0 aromatic heterocycles. The second kappa shape index (κ2) is 9.09.